The number of nitrogens with one attached hydrogen (secondary N) is 1. The fourth-order valence-corrected chi connectivity index (χ4v) is 4.36. The van der Waals surface area contributed by atoms with Gasteiger partial charge in [0.1, 0.15) is 0 Å². The van der Waals surface area contributed by atoms with Gasteiger partial charge in [-0.2, -0.15) is 0 Å². The van der Waals surface area contributed by atoms with Gasteiger partial charge in [-0.1, -0.05) is 30.2 Å². The average molecular weight is 328 g/mol. The molecule has 0 aromatic heterocycles. The number of benzene rings is 2. The number of halogens is 1. The Morgan fingerprint density at radius 2 is 1.91 bits per heavy atom. The second-order valence-electron chi connectivity index (χ2n) is 6.48. The number of hydrogen-bond donors (Lipinski definition) is 2. The van der Waals surface area contributed by atoms with Crippen molar-refractivity contribution in [2.45, 2.75) is 31.2 Å². The predicted octanol–water partition coefficient (Wildman–Crippen LogP) is 5.09. The third kappa shape index (κ3) is 2.49. The molecular weight excluding hydrogens is 310 g/mol. The van der Waals surface area contributed by atoms with Gasteiger partial charge in [-0.15, -0.1) is 0 Å². The highest BCUT2D eigenvalue weighted by Crippen LogP contribution is 2.53. The lowest BCUT2D eigenvalue weighted by atomic mass is 9.77. The van der Waals surface area contributed by atoms with Crippen molar-refractivity contribution in [1.29, 1.82) is 0 Å². The van der Waals surface area contributed by atoms with Gasteiger partial charge in [0.2, 0.25) is 0 Å². The summed E-state index contributed by atoms with van der Waals surface area (Å²) >= 11 is 6.18. The van der Waals surface area contributed by atoms with Crippen LogP contribution in [-0.2, 0) is 0 Å². The first-order chi connectivity index (χ1) is 11.1. The molecule has 2 aromatic carbocycles. The van der Waals surface area contributed by atoms with Crippen molar-refractivity contribution in [2.24, 2.45) is 5.92 Å². The molecule has 0 unspecified atom stereocenters. The number of hydrogen-bond acceptors (Lipinski definition) is 2. The molecule has 2 N–H and O–H groups in total. The second-order valence-corrected chi connectivity index (χ2v) is 6.92. The van der Waals surface area contributed by atoms with Crippen LogP contribution in [0.25, 0.3) is 0 Å². The topological polar surface area (TPSA) is 49.3 Å². The maximum atomic E-state index is 11.0. The molecule has 1 saturated carbocycles. The Morgan fingerprint density at radius 3 is 2.65 bits per heavy atom. The van der Waals surface area contributed by atoms with Crippen LogP contribution in [0.1, 0.15) is 52.7 Å². The number of rotatable bonds is 2. The normalized spacial score (nSPS) is 25.3. The first kappa shape index (κ1) is 14.6. The lowest BCUT2D eigenvalue weighted by molar-refractivity contribution is 0.0697. The van der Waals surface area contributed by atoms with Gasteiger partial charge in [0, 0.05) is 10.7 Å². The van der Waals surface area contributed by atoms with Gasteiger partial charge in [-0.3, -0.25) is 0 Å². The third-order valence-electron chi connectivity index (χ3n) is 5.24. The van der Waals surface area contributed by atoms with E-state index >= 15 is 0 Å². The Bertz CT molecular complexity index is 756. The van der Waals surface area contributed by atoms with E-state index in [1.165, 1.54) is 24.8 Å². The van der Waals surface area contributed by atoms with Crippen molar-refractivity contribution < 1.29 is 9.90 Å². The minimum absolute atomic E-state index is 0.235. The third-order valence-corrected chi connectivity index (χ3v) is 5.47. The molecule has 3 atom stereocenters. The molecular formula is C19H18ClNO2. The SMILES string of the molecule is O=C(O)c1ccc([C@@H]2Nc3ccc(Cl)cc3[C@@H]3CCC[C@@H]32)cc1. The van der Waals surface area contributed by atoms with Crippen molar-refractivity contribution in [3.63, 3.8) is 0 Å². The summed E-state index contributed by atoms with van der Waals surface area (Å²) in [4.78, 5) is 11.0. The molecule has 1 aliphatic carbocycles. The number of aromatic carboxylic acids is 1. The maximum absolute atomic E-state index is 11.0. The monoisotopic (exact) mass is 327 g/mol. The van der Waals surface area contributed by atoms with Gasteiger partial charge in [0.25, 0.3) is 0 Å². The molecule has 0 amide bonds. The van der Waals surface area contributed by atoms with E-state index in [1.54, 1.807) is 12.1 Å². The van der Waals surface area contributed by atoms with Gasteiger partial charge in [-0.05, 0) is 66.1 Å². The van der Waals surface area contributed by atoms with Crippen LogP contribution < -0.4 is 5.32 Å². The molecule has 0 bridgehead atoms. The maximum Gasteiger partial charge on any atom is 0.335 e. The van der Waals surface area contributed by atoms with Gasteiger partial charge in [0.15, 0.2) is 0 Å². The minimum Gasteiger partial charge on any atom is -0.478 e. The molecule has 1 heterocycles. The van der Waals surface area contributed by atoms with Crippen LogP contribution in [-0.4, -0.2) is 11.1 Å². The highest BCUT2D eigenvalue weighted by atomic mass is 35.5. The molecule has 1 fully saturated rings. The zero-order chi connectivity index (χ0) is 16.0. The Balaban J connectivity index is 1.72. The van der Waals surface area contributed by atoms with Gasteiger partial charge in [-0.25, -0.2) is 4.79 Å². The number of fused-ring (bicyclic) bond motifs is 3. The number of anilines is 1. The second kappa shape index (κ2) is 5.57. The molecule has 4 rings (SSSR count). The fourth-order valence-electron chi connectivity index (χ4n) is 4.18. The van der Waals surface area contributed by atoms with E-state index < -0.39 is 5.97 Å². The summed E-state index contributed by atoms with van der Waals surface area (Å²) in [5.41, 5.74) is 3.98. The molecule has 1 aliphatic heterocycles. The molecule has 4 heteroatoms. The average Bonchev–Trinajstić information content (AvgIpc) is 3.04. The van der Waals surface area contributed by atoms with E-state index in [2.05, 4.69) is 17.4 Å². The number of carboxylic acid groups (broad SMARTS) is 1. The van der Waals surface area contributed by atoms with Gasteiger partial charge >= 0.3 is 5.97 Å². The van der Waals surface area contributed by atoms with Gasteiger partial charge in [0.05, 0.1) is 11.6 Å². The van der Waals surface area contributed by atoms with Crippen molar-refractivity contribution in [1.82, 2.24) is 0 Å². The highest BCUT2D eigenvalue weighted by Gasteiger charge is 2.40. The molecule has 2 aromatic rings. The summed E-state index contributed by atoms with van der Waals surface area (Å²) in [6.07, 6.45) is 3.62. The minimum atomic E-state index is -0.883. The van der Waals surface area contributed by atoms with Crippen LogP contribution in [0.5, 0.6) is 0 Å². The van der Waals surface area contributed by atoms with E-state index in [1.807, 2.05) is 18.2 Å². The first-order valence-corrected chi connectivity index (χ1v) is 8.40. The fraction of sp³-hybridized carbons (Fsp3) is 0.316. The molecule has 23 heavy (non-hydrogen) atoms. The number of carboxylic acids is 1. The molecule has 0 radical (unpaired) electrons. The Morgan fingerprint density at radius 1 is 1.13 bits per heavy atom. The predicted molar refractivity (Wildman–Crippen MR) is 91.3 cm³/mol. The van der Waals surface area contributed by atoms with Gasteiger partial charge < -0.3 is 10.4 Å². The van der Waals surface area contributed by atoms with E-state index in [-0.39, 0.29) is 6.04 Å². The molecule has 0 spiro atoms. The summed E-state index contributed by atoms with van der Waals surface area (Å²) in [6, 6.07) is 13.6. The Hall–Kier alpha value is -2.00. The summed E-state index contributed by atoms with van der Waals surface area (Å²) in [5, 5.41) is 13.5. The summed E-state index contributed by atoms with van der Waals surface area (Å²) in [5.74, 6) is 0.192. The summed E-state index contributed by atoms with van der Waals surface area (Å²) < 4.78 is 0. The van der Waals surface area contributed by atoms with E-state index in [9.17, 15) is 4.79 Å². The zero-order valence-corrected chi connectivity index (χ0v) is 13.4. The smallest absolute Gasteiger partial charge is 0.335 e. The lowest BCUT2D eigenvalue weighted by Gasteiger charge is -2.37. The van der Waals surface area contributed by atoms with E-state index in [4.69, 9.17) is 16.7 Å². The molecule has 3 nitrogen and oxygen atoms in total. The summed E-state index contributed by atoms with van der Waals surface area (Å²) in [6.45, 7) is 0. The van der Waals surface area contributed by atoms with E-state index in [0.717, 1.165) is 16.3 Å². The van der Waals surface area contributed by atoms with Crippen molar-refractivity contribution >= 4 is 23.3 Å². The van der Waals surface area contributed by atoms with Crippen molar-refractivity contribution in [3.8, 4) is 0 Å². The Labute approximate surface area is 140 Å². The lowest BCUT2D eigenvalue weighted by Crippen LogP contribution is -2.28. The zero-order valence-electron chi connectivity index (χ0n) is 12.6. The largest absolute Gasteiger partial charge is 0.478 e. The van der Waals surface area contributed by atoms with Crippen molar-refractivity contribution in [3.05, 3.63) is 64.2 Å². The number of carbonyl (C=O) groups is 1. The first-order valence-electron chi connectivity index (χ1n) is 8.03. The van der Waals surface area contributed by atoms with Crippen LogP contribution in [0.4, 0.5) is 5.69 Å². The van der Waals surface area contributed by atoms with Crippen LogP contribution >= 0.6 is 11.6 Å². The van der Waals surface area contributed by atoms with Crippen LogP contribution in [0.3, 0.4) is 0 Å². The Kier molecular flexibility index (Phi) is 3.53. The van der Waals surface area contributed by atoms with Crippen molar-refractivity contribution in [2.75, 3.05) is 5.32 Å². The van der Waals surface area contributed by atoms with E-state index in [0.29, 0.717) is 17.4 Å². The van der Waals surface area contributed by atoms with Crippen LogP contribution in [0.15, 0.2) is 42.5 Å². The summed E-state index contributed by atoms with van der Waals surface area (Å²) in [7, 11) is 0. The van der Waals surface area contributed by atoms with Crippen LogP contribution in [0, 0.1) is 5.92 Å². The highest BCUT2D eigenvalue weighted by molar-refractivity contribution is 6.30. The molecule has 2 aliphatic rings. The quantitative estimate of drug-likeness (QED) is 0.807. The van der Waals surface area contributed by atoms with Crippen LogP contribution in [0.2, 0.25) is 5.02 Å². The molecule has 0 saturated heterocycles. The molecule has 118 valence electrons. The standard InChI is InChI=1S/C19H18ClNO2/c20-13-8-9-17-16(10-13)14-2-1-3-15(14)18(21-17)11-4-6-12(7-5-11)19(22)23/h4-10,14-15,18,21H,1-3H2,(H,22,23)/t14-,15+,18+/m1/s1.